The van der Waals surface area contributed by atoms with Gasteiger partial charge >= 0.3 is 0 Å². The number of nitrogens with one attached hydrogen (secondary N) is 2. The average Bonchev–Trinajstić information content (AvgIpc) is 3.42. The number of ketones is 1. The van der Waals surface area contributed by atoms with Crippen molar-refractivity contribution in [1.82, 2.24) is 25.3 Å². The molecule has 1 aliphatic carbocycles. The van der Waals surface area contributed by atoms with Crippen molar-refractivity contribution in [2.24, 2.45) is 5.92 Å². The third kappa shape index (κ3) is 5.41. The first-order valence-electron chi connectivity index (χ1n) is 15.2. The van der Waals surface area contributed by atoms with Crippen molar-refractivity contribution in [2.75, 3.05) is 39.8 Å². The summed E-state index contributed by atoms with van der Waals surface area (Å²) in [6.07, 6.45) is 2.60. The zero-order valence-corrected chi connectivity index (χ0v) is 24.2. The van der Waals surface area contributed by atoms with E-state index in [2.05, 4.69) is 40.1 Å². The van der Waals surface area contributed by atoms with Gasteiger partial charge in [0.1, 0.15) is 5.60 Å². The number of hydrogen-bond acceptors (Lipinski definition) is 9. The Bertz CT molecular complexity index is 1240. The number of nitrogens with zero attached hydrogens (tertiary/aromatic N) is 4. The molecule has 4 heterocycles. The summed E-state index contributed by atoms with van der Waals surface area (Å²) < 4.78 is 27.6. The standard InChI is InChI=1S/C31H41FN6O4/c1-3-25(39)38-16-15-37(18-21(38)11-13-33)29-24-10-12-31(17-20-7-4-5-9-23(20)28(32)42-31)27(40)26(24)34-30(35-29)41-19-22-8-6-14-36(22)2/h3-5,7,9,21-22,24,26,28-30,34-35H,1,6,8,10-12,14-19H2,2H3/t21?,22?,24?,26?,28?,29?,30?,31-/m1/s1. The molecule has 8 atom stereocenters. The summed E-state index contributed by atoms with van der Waals surface area (Å²) in [4.78, 5) is 33.1. The van der Waals surface area contributed by atoms with Gasteiger partial charge in [-0.15, -0.1) is 0 Å². The molecule has 11 heteroatoms. The second kappa shape index (κ2) is 12.1. The molecule has 4 fully saturated rings. The van der Waals surface area contributed by atoms with E-state index >= 15 is 4.39 Å². The van der Waals surface area contributed by atoms with Gasteiger partial charge in [0.15, 0.2) is 12.1 Å². The molecule has 42 heavy (non-hydrogen) atoms. The van der Waals surface area contributed by atoms with Crippen LogP contribution in [0.3, 0.4) is 0 Å². The summed E-state index contributed by atoms with van der Waals surface area (Å²) in [6.45, 7) is 6.70. The number of fused-ring (bicyclic) bond motifs is 2. The van der Waals surface area contributed by atoms with E-state index in [1.54, 1.807) is 17.0 Å². The summed E-state index contributed by atoms with van der Waals surface area (Å²) in [5, 5.41) is 16.6. The number of nitriles is 1. The van der Waals surface area contributed by atoms with Crippen LogP contribution in [0.5, 0.6) is 0 Å². The number of hydrogen-bond donors (Lipinski definition) is 2. The highest BCUT2D eigenvalue weighted by Crippen LogP contribution is 2.45. The first kappa shape index (κ1) is 29.4. The molecule has 1 spiro atoms. The second-order valence-corrected chi connectivity index (χ2v) is 12.4. The van der Waals surface area contributed by atoms with Crippen molar-refractivity contribution < 1.29 is 23.5 Å². The monoisotopic (exact) mass is 580 g/mol. The fraction of sp³-hybridized carbons (Fsp3) is 0.645. The fourth-order valence-electron chi connectivity index (χ4n) is 7.71. The molecule has 1 saturated carbocycles. The zero-order valence-electron chi connectivity index (χ0n) is 24.2. The van der Waals surface area contributed by atoms with Crippen LogP contribution in [0.4, 0.5) is 4.39 Å². The van der Waals surface area contributed by atoms with Gasteiger partial charge in [-0.05, 0) is 50.9 Å². The maximum atomic E-state index is 15.3. The van der Waals surface area contributed by atoms with Crippen molar-refractivity contribution in [1.29, 1.82) is 5.26 Å². The van der Waals surface area contributed by atoms with Gasteiger partial charge in [0.05, 0.1) is 37.3 Å². The average molecular weight is 581 g/mol. The van der Waals surface area contributed by atoms with Crippen LogP contribution in [-0.4, -0.2) is 102 Å². The number of carbonyl (C=O) groups is 2. The molecular weight excluding hydrogens is 539 g/mol. The van der Waals surface area contributed by atoms with Crippen LogP contribution in [0.2, 0.25) is 0 Å². The third-order valence-corrected chi connectivity index (χ3v) is 10.0. The number of carbonyl (C=O) groups excluding carboxylic acids is 2. The lowest BCUT2D eigenvalue weighted by Gasteiger charge is -2.55. The maximum Gasteiger partial charge on any atom is 0.246 e. The highest BCUT2D eigenvalue weighted by atomic mass is 19.1. The molecule has 4 aliphatic heterocycles. The van der Waals surface area contributed by atoms with Crippen LogP contribution >= 0.6 is 0 Å². The zero-order chi connectivity index (χ0) is 29.4. The molecule has 1 aromatic rings. The predicted octanol–water partition coefficient (Wildman–Crippen LogP) is 1.84. The number of ether oxygens (including phenoxy) is 2. The Kier molecular flexibility index (Phi) is 8.46. The molecule has 226 valence electrons. The first-order chi connectivity index (χ1) is 20.3. The van der Waals surface area contributed by atoms with Gasteiger partial charge in [0.2, 0.25) is 12.3 Å². The first-order valence-corrected chi connectivity index (χ1v) is 15.2. The Hall–Kier alpha value is -2.72. The fourth-order valence-corrected chi connectivity index (χ4v) is 7.71. The second-order valence-electron chi connectivity index (χ2n) is 12.4. The molecule has 2 N–H and O–H groups in total. The summed E-state index contributed by atoms with van der Waals surface area (Å²) in [5.74, 6) is -0.443. The van der Waals surface area contributed by atoms with E-state index in [4.69, 9.17) is 9.47 Å². The molecule has 1 amide bonds. The predicted molar refractivity (Wildman–Crippen MR) is 152 cm³/mol. The third-order valence-electron chi connectivity index (χ3n) is 10.0. The number of likely N-dealkylation sites (N-methyl/N-ethyl adjacent to an activating group) is 1. The van der Waals surface area contributed by atoms with Crippen molar-refractivity contribution in [3.8, 4) is 6.07 Å². The molecule has 0 aromatic heterocycles. The van der Waals surface area contributed by atoms with Crippen LogP contribution in [0.15, 0.2) is 36.9 Å². The SMILES string of the molecule is C=CC(=O)N1CCN(C2NC(OCC3CCCN3C)NC3C(=O)[C@@]4(CCC32)Cc2ccccc2C(F)O4)CC1CC#N. The molecule has 5 aliphatic rings. The number of likely N-dealkylation sites (tertiary alicyclic amines) is 1. The van der Waals surface area contributed by atoms with Crippen molar-refractivity contribution >= 4 is 11.7 Å². The van der Waals surface area contributed by atoms with E-state index in [1.165, 1.54) is 6.08 Å². The molecule has 3 saturated heterocycles. The highest BCUT2D eigenvalue weighted by molar-refractivity contribution is 5.94. The van der Waals surface area contributed by atoms with E-state index in [1.807, 2.05) is 12.1 Å². The smallest absolute Gasteiger partial charge is 0.246 e. The Morgan fingerprint density at radius 1 is 1.26 bits per heavy atom. The van der Waals surface area contributed by atoms with E-state index in [-0.39, 0.29) is 36.2 Å². The van der Waals surface area contributed by atoms with Crippen molar-refractivity contribution in [2.45, 2.75) is 81.1 Å². The molecule has 7 unspecified atom stereocenters. The number of Topliss-reactive ketones (excluding diaryl/α,β-unsaturated/α-hetero) is 1. The number of amides is 1. The number of alkyl halides is 1. The van der Waals surface area contributed by atoms with Gasteiger partial charge in [0, 0.05) is 43.6 Å². The van der Waals surface area contributed by atoms with E-state index in [0.29, 0.717) is 57.1 Å². The number of piperazine rings is 1. The number of halogens is 1. The molecule has 10 nitrogen and oxygen atoms in total. The Balaban J connectivity index is 1.25. The normalized spacial score (nSPS) is 37.2. The van der Waals surface area contributed by atoms with Crippen LogP contribution in [0.25, 0.3) is 0 Å². The Morgan fingerprint density at radius 3 is 2.86 bits per heavy atom. The highest BCUT2D eigenvalue weighted by Gasteiger charge is 2.57. The minimum atomic E-state index is -1.65. The van der Waals surface area contributed by atoms with E-state index in [9.17, 15) is 14.9 Å². The summed E-state index contributed by atoms with van der Waals surface area (Å²) >= 11 is 0. The summed E-state index contributed by atoms with van der Waals surface area (Å²) in [7, 11) is 2.10. The van der Waals surface area contributed by atoms with Crippen LogP contribution in [-0.2, 0) is 25.5 Å². The van der Waals surface area contributed by atoms with E-state index in [0.717, 1.165) is 24.9 Å². The van der Waals surface area contributed by atoms with Gasteiger partial charge in [-0.1, -0.05) is 30.8 Å². The molecule has 0 bridgehead atoms. The van der Waals surface area contributed by atoms with Crippen LogP contribution in [0, 0.1) is 17.2 Å². The van der Waals surface area contributed by atoms with Gasteiger partial charge in [-0.25, -0.2) is 4.39 Å². The van der Waals surface area contributed by atoms with Crippen LogP contribution in [0.1, 0.15) is 49.6 Å². The van der Waals surface area contributed by atoms with Gasteiger partial charge in [0.25, 0.3) is 0 Å². The largest absolute Gasteiger partial charge is 0.348 e. The quantitative estimate of drug-likeness (QED) is 0.487. The topological polar surface area (TPSA) is 110 Å². The lowest BCUT2D eigenvalue weighted by atomic mass is 9.68. The van der Waals surface area contributed by atoms with E-state index < -0.39 is 24.4 Å². The summed E-state index contributed by atoms with van der Waals surface area (Å²) in [5.41, 5.74) is 0.0675. The van der Waals surface area contributed by atoms with Crippen molar-refractivity contribution in [3.63, 3.8) is 0 Å². The molecule has 1 aromatic carbocycles. The van der Waals surface area contributed by atoms with Crippen LogP contribution < -0.4 is 10.6 Å². The Labute approximate surface area is 246 Å². The maximum absolute atomic E-state index is 15.3. The van der Waals surface area contributed by atoms with Gasteiger partial charge in [-0.3, -0.25) is 25.1 Å². The van der Waals surface area contributed by atoms with Gasteiger partial charge in [-0.2, -0.15) is 5.26 Å². The minimum Gasteiger partial charge on any atom is -0.348 e. The lowest BCUT2D eigenvalue weighted by molar-refractivity contribution is -0.199. The number of rotatable bonds is 6. The summed E-state index contributed by atoms with van der Waals surface area (Å²) in [6, 6.07) is 8.91. The lowest BCUT2D eigenvalue weighted by Crippen LogP contribution is -2.76. The number of benzene rings is 1. The molecule has 6 rings (SSSR count). The molecular formula is C31H41FN6O4. The Morgan fingerprint density at radius 2 is 2.10 bits per heavy atom. The van der Waals surface area contributed by atoms with Gasteiger partial charge < -0.3 is 19.3 Å². The van der Waals surface area contributed by atoms with Crippen molar-refractivity contribution in [3.05, 3.63) is 48.0 Å². The molecule has 0 radical (unpaired) electrons. The minimum absolute atomic E-state index is 0.125.